The lowest BCUT2D eigenvalue weighted by Gasteiger charge is -2.23. The van der Waals surface area contributed by atoms with E-state index < -0.39 is 0 Å². The standard InChI is InChI=1S/C22H24N10/c1-14(19-5-8-25-13-27-19)28-21-10-16(9-20-26-12-18(11-23)31(20)21)22-15(2)32(30-29-22)17-3-6-24-7-4-17/h5,8-10,12-14,17,24,28H,3-4,6-7H2,1-2H3/t14-/m1/s1. The summed E-state index contributed by atoms with van der Waals surface area (Å²) in [4.78, 5) is 12.8. The van der Waals surface area contributed by atoms with Crippen molar-refractivity contribution in [1.29, 1.82) is 5.26 Å². The highest BCUT2D eigenvalue weighted by molar-refractivity contribution is 5.71. The zero-order valence-electron chi connectivity index (χ0n) is 18.0. The lowest BCUT2D eigenvalue weighted by atomic mass is 10.1. The van der Waals surface area contributed by atoms with Gasteiger partial charge in [-0.05, 0) is 58.0 Å². The summed E-state index contributed by atoms with van der Waals surface area (Å²) in [5.74, 6) is 0.744. The number of piperidine rings is 1. The van der Waals surface area contributed by atoms with Gasteiger partial charge in [0.1, 0.15) is 35.2 Å². The van der Waals surface area contributed by atoms with Gasteiger partial charge in [0.2, 0.25) is 0 Å². The first-order valence-corrected chi connectivity index (χ1v) is 10.7. The Kier molecular flexibility index (Phi) is 5.25. The predicted molar refractivity (Wildman–Crippen MR) is 119 cm³/mol. The van der Waals surface area contributed by atoms with E-state index in [1.165, 1.54) is 6.33 Å². The average Bonchev–Trinajstić information content (AvgIpc) is 3.43. The highest BCUT2D eigenvalue weighted by Gasteiger charge is 2.22. The quantitative estimate of drug-likeness (QED) is 0.498. The summed E-state index contributed by atoms with van der Waals surface area (Å²) in [5.41, 5.74) is 4.74. The summed E-state index contributed by atoms with van der Waals surface area (Å²) in [6, 6.07) is 8.29. The number of anilines is 1. The molecule has 0 aromatic carbocycles. The Labute approximate surface area is 185 Å². The number of fused-ring (bicyclic) bond motifs is 1. The van der Waals surface area contributed by atoms with E-state index >= 15 is 0 Å². The van der Waals surface area contributed by atoms with Crippen LogP contribution in [0.3, 0.4) is 0 Å². The van der Waals surface area contributed by atoms with Gasteiger partial charge in [-0.1, -0.05) is 5.21 Å². The topological polar surface area (TPSA) is 122 Å². The van der Waals surface area contributed by atoms with Crippen LogP contribution < -0.4 is 10.6 Å². The minimum absolute atomic E-state index is 0.100. The summed E-state index contributed by atoms with van der Waals surface area (Å²) in [6.07, 6.45) is 6.90. The zero-order valence-corrected chi connectivity index (χ0v) is 18.0. The molecule has 5 rings (SSSR count). The fraction of sp³-hybridized carbons (Fsp3) is 0.364. The number of hydrogen-bond donors (Lipinski definition) is 2. The molecule has 1 saturated heterocycles. The molecule has 10 heteroatoms. The second-order valence-electron chi connectivity index (χ2n) is 8.03. The molecule has 32 heavy (non-hydrogen) atoms. The van der Waals surface area contributed by atoms with Crippen molar-refractivity contribution in [3.8, 4) is 17.3 Å². The number of pyridine rings is 1. The Bertz CT molecular complexity index is 1280. The number of nitriles is 1. The van der Waals surface area contributed by atoms with Crippen LogP contribution in [0.5, 0.6) is 0 Å². The maximum Gasteiger partial charge on any atom is 0.146 e. The molecule has 1 atom stereocenters. The molecule has 1 aliphatic heterocycles. The molecule has 1 fully saturated rings. The largest absolute Gasteiger partial charge is 0.363 e. The number of nitrogens with zero attached hydrogens (tertiary/aromatic N) is 8. The first-order chi connectivity index (χ1) is 15.7. The maximum absolute atomic E-state index is 9.59. The molecule has 10 nitrogen and oxygen atoms in total. The van der Waals surface area contributed by atoms with Gasteiger partial charge in [-0.2, -0.15) is 5.26 Å². The Balaban J connectivity index is 1.57. The molecule has 4 aromatic heterocycles. The summed E-state index contributed by atoms with van der Waals surface area (Å²) >= 11 is 0. The molecular weight excluding hydrogens is 404 g/mol. The molecule has 162 valence electrons. The van der Waals surface area contributed by atoms with E-state index in [-0.39, 0.29) is 6.04 Å². The summed E-state index contributed by atoms with van der Waals surface area (Å²) in [5, 5.41) is 25.5. The van der Waals surface area contributed by atoms with Crippen molar-refractivity contribution in [2.24, 2.45) is 0 Å². The van der Waals surface area contributed by atoms with Gasteiger partial charge < -0.3 is 10.6 Å². The molecule has 0 amide bonds. The van der Waals surface area contributed by atoms with E-state index in [1.807, 2.05) is 34.2 Å². The molecule has 0 bridgehead atoms. The highest BCUT2D eigenvalue weighted by atomic mass is 15.4. The minimum atomic E-state index is -0.100. The van der Waals surface area contributed by atoms with Crippen LogP contribution in [0.1, 0.15) is 48.9 Å². The van der Waals surface area contributed by atoms with Crippen molar-refractivity contribution in [2.45, 2.75) is 38.8 Å². The van der Waals surface area contributed by atoms with Crippen LogP contribution >= 0.6 is 0 Å². The first kappa shape index (κ1) is 20.1. The first-order valence-electron chi connectivity index (χ1n) is 10.7. The van der Waals surface area contributed by atoms with Crippen LogP contribution in [-0.2, 0) is 0 Å². The van der Waals surface area contributed by atoms with Gasteiger partial charge in [0.15, 0.2) is 0 Å². The van der Waals surface area contributed by atoms with E-state index in [1.54, 1.807) is 12.4 Å². The fourth-order valence-corrected chi connectivity index (χ4v) is 4.29. The van der Waals surface area contributed by atoms with E-state index in [4.69, 9.17) is 0 Å². The van der Waals surface area contributed by atoms with E-state index in [2.05, 4.69) is 48.9 Å². The van der Waals surface area contributed by atoms with Crippen LogP contribution in [0.15, 0.2) is 36.9 Å². The van der Waals surface area contributed by atoms with Crippen molar-refractivity contribution < 1.29 is 0 Å². The van der Waals surface area contributed by atoms with Gasteiger partial charge >= 0.3 is 0 Å². The van der Waals surface area contributed by atoms with Gasteiger partial charge in [-0.25, -0.2) is 19.6 Å². The monoisotopic (exact) mass is 428 g/mol. The molecule has 0 radical (unpaired) electrons. The number of imidazole rings is 1. The number of aromatic nitrogens is 7. The molecule has 0 spiro atoms. The van der Waals surface area contributed by atoms with Gasteiger partial charge in [0.05, 0.1) is 29.7 Å². The molecular formula is C22H24N10. The van der Waals surface area contributed by atoms with Crippen molar-refractivity contribution in [3.05, 3.63) is 54.0 Å². The van der Waals surface area contributed by atoms with Gasteiger partial charge in [-0.3, -0.25) is 4.40 Å². The van der Waals surface area contributed by atoms with Crippen LogP contribution in [-0.4, -0.2) is 47.4 Å². The normalized spacial score (nSPS) is 15.5. The van der Waals surface area contributed by atoms with Gasteiger partial charge in [0.25, 0.3) is 0 Å². The zero-order chi connectivity index (χ0) is 22.1. The fourth-order valence-electron chi connectivity index (χ4n) is 4.29. The minimum Gasteiger partial charge on any atom is -0.363 e. The summed E-state index contributed by atoms with van der Waals surface area (Å²) < 4.78 is 3.86. The molecule has 0 saturated carbocycles. The van der Waals surface area contributed by atoms with Crippen molar-refractivity contribution in [3.63, 3.8) is 0 Å². The molecule has 2 N–H and O–H groups in total. The Morgan fingerprint density at radius 1 is 1.25 bits per heavy atom. The third-order valence-electron chi connectivity index (χ3n) is 5.99. The highest BCUT2D eigenvalue weighted by Crippen LogP contribution is 2.30. The molecule has 5 heterocycles. The van der Waals surface area contributed by atoms with Gasteiger partial charge in [0, 0.05) is 11.8 Å². The SMILES string of the molecule is Cc1c(-c2cc(N[C@H](C)c3ccncn3)n3c(C#N)cnc3c2)nnn1C1CCNCC1. The number of nitrogens with one attached hydrogen (secondary N) is 2. The second kappa shape index (κ2) is 8.36. The Hall–Kier alpha value is -3.84. The summed E-state index contributed by atoms with van der Waals surface area (Å²) in [6.45, 7) is 6.06. The van der Waals surface area contributed by atoms with Crippen LogP contribution in [0, 0.1) is 18.3 Å². The number of rotatable bonds is 5. The molecule has 0 aliphatic carbocycles. The molecule has 1 aliphatic rings. The van der Waals surface area contributed by atoms with E-state index in [0.717, 1.165) is 54.4 Å². The lowest BCUT2D eigenvalue weighted by molar-refractivity contribution is 0.333. The van der Waals surface area contributed by atoms with E-state index in [9.17, 15) is 5.26 Å². The van der Waals surface area contributed by atoms with Crippen LogP contribution in [0.4, 0.5) is 5.82 Å². The predicted octanol–water partition coefficient (Wildman–Crippen LogP) is 2.66. The maximum atomic E-state index is 9.59. The van der Waals surface area contributed by atoms with Crippen molar-refractivity contribution >= 4 is 11.5 Å². The third kappa shape index (κ3) is 3.56. The van der Waals surface area contributed by atoms with Crippen molar-refractivity contribution in [1.82, 2.24) is 39.7 Å². The Morgan fingerprint density at radius 3 is 2.84 bits per heavy atom. The molecule has 4 aromatic rings. The third-order valence-corrected chi connectivity index (χ3v) is 5.99. The smallest absolute Gasteiger partial charge is 0.146 e. The van der Waals surface area contributed by atoms with Gasteiger partial charge in [-0.15, -0.1) is 5.10 Å². The Morgan fingerprint density at radius 2 is 2.09 bits per heavy atom. The van der Waals surface area contributed by atoms with Crippen molar-refractivity contribution in [2.75, 3.05) is 18.4 Å². The average molecular weight is 429 g/mol. The number of hydrogen-bond acceptors (Lipinski definition) is 8. The van der Waals surface area contributed by atoms with Crippen LogP contribution in [0.25, 0.3) is 16.9 Å². The van der Waals surface area contributed by atoms with Crippen LogP contribution in [0.2, 0.25) is 0 Å². The lowest BCUT2D eigenvalue weighted by Crippen LogP contribution is -2.30. The second-order valence-corrected chi connectivity index (χ2v) is 8.03. The molecule has 0 unspecified atom stereocenters. The summed E-state index contributed by atoms with van der Waals surface area (Å²) in [7, 11) is 0. The van der Waals surface area contributed by atoms with E-state index in [0.29, 0.717) is 17.4 Å².